The molecule has 1 aromatic heterocycles. The van der Waals surface area contributed by atoms with Gasteiger partial charge in [-0.1, -0.05) is 66.7 Å². The largest absolute Gasteiger partial charge is 0.495 e. The van der Waals surface area contributed by atoms with Gasteiger partial charge in [0.15, 0.2) is 0 Å². The minimum absolute atomic E-state index is 0.397. The summed E-state index contributed by atoms with van der Waals surface area (Å²) in [4.78, 5) is 0. The molecule has 0 radical (unpaired) electrons. The summed E-state index contributed by atoms with van der Waals surface area (Å²) in [6.45, 7) is 8.39. The predicted molar refractivity (Wildman–Crippen MR) is 150 cm³/mol. The molecule has 1 saturated heterocycles. The Bertz CT molecular complexity index is 1790. The monoisotopic (exact) mass is 470 g/mol. The van der Waals surface area contributed by atoms with E-state index in [0.29, 0.717) is 0 Å². The molecule has 0 saturated carbocycles. The third kappa shape index (κ3) is 3.15. The first-order valence-corrected chi connectivity index (χ1v) is 12.5. The van der Waals surface area contributed by atoms with Crippen molar-refractivity contribution in [1.82, 2.24) is 0 Å². The van der Waals surface area contributed by atoms with Crippen molar-refractivity contribution in [1.29, 1.82) is 0 Å². The summed E-state index contributed by atoms with van der Waals surface area (Å²) in [6, 6.07) is 32.1. The smallest absolute Gasteiger partial charge is 0.456 e. The molecule has 0 aliphatic carbocycles. The van der Waals surface area contributed by atoms with Gasteiger partial charge in [-0.3, -0.25) is 0 Å². The third-order valence-corrected chi connectivity index (χ3v) is 8.09. The molecule has 36 heavy (non-hydrogen) atoms. The Morgan fingerprint density at radius 3 is 1.97 bits per heavy atom. The quantitative estimate of drug-likeness (QED) is 0.242. The molecule has 0 atom stereocenters. The number of furan rings is 1. The summed E-state index contributed by atoms with van der Waals surface area (Å²) < 4.78 is 19.2. The molecule has 0 unspecified atom stereocenters. The van der Waals surface area contributed by atoms with Crippen LogP contribution in [-0.4, -0.2) is 18.3 Å². The lowest BCUT2D eigenvalue weighted by Gasteiger charge is -2.32. The average Bonchev–Trinajstić information content (AvgIpc) is 3.33. The van der Waals surface area contributed by atoms with Gasteiger partial charge in [0, 0.05) is 10.8 Å². The first-order chi connectivity index (χ1) is 17.3. The maximum absolute atomic E-state index is 6.47. The Morgan fingerprint density at radius 1 is 0.583 bits per heavy atom. The highest BCUT2D eigenvalue weighted by atomic mass is 16.7. The first kappa shape index (κ1) is 21.7. The van der Waals surface area contributed by atoms with Crippen molar-refractivity contribution in [3.63, 3.8) is 0 Å². The van der Waals surface area contributed by atoms with Gasteiger partial charge < -0.3 is 13.7 Å². The maximum Gasteiger partial charge on any atom is 0.495 e. The van der Waals surface area contributed by atoms with Gasteiger partial charge in [-0.2, -0.15) is 0 Å². The molecule has 176 valence electrons. The highest BCUT2D eigenvalue weighted by molar-refractivity contribution is 6.65. The molecule has 0 amide bonds. The molecule has 0 bridgehead atoms. The maximum atomic E-state index is 6.47. The van der Waals surface area contributed by atoms with Gasteiger partial charge in [-0.25, -0.2) is 0 Å². The molecular formula is C32H27BO3. The molecule has 4 heteroatoms. The molecular weight excluding hydrogens is 443 g/mol. The summed E-state index contributed by atoms with van der Waals surface area (Å²) in [6.07, 6.45) is 0. The SMILES string of the molecule is CC1(C)OB(c2cccc3cccc(-c4ccc5oc6cc7ccccc7cc6c5c4)c23)OC1(C)C. The Labute approximate surface area is 210 Å². The molecule has 1 fully saturated rings. The van der Waals surface area contributed by atoms with Gasteiger partial charge in [0.1, 0.15) is 11.2 Å². The summed E-state index contributed by atoms with van der Waals surface area (Å²) in [7, 11) is -0.426. The fourth-order valence-corrected chi connectivity index (χ4v) is 5.41. The fourth-order valence-electron chi connectivity index (χ4n) is 5.41. The normalized spacial score (nSPS) is 17.1. The summed E-state index contributed by atoms with van der Waals surface area (Å²) >= 11 is 0. The Hall–Kier alpha value is -3.60. The van der Waals surface area contributed by atoms with E-state index in [9.17, 15) is 0 Å². The zero-order valence-electron chi connectivity index (χ0n) is 21.0. The second-order valence-corrected chi connectivity index (χ2v) is 10.8. The van der Waals surface area contributed by atoms with Crippen molar-refractivity contribution in [2.45, 2.75) is 38.9 Å². The van der Waals surface area contributed by atoms with E-state index in [4.69, 9.17) is 13.7 Å². The zero-order valence-corrected chi connectivity index (χ0v) is 21.0. The number of benzene rings is 5. The van der Waals surface area contributed by atoms with Gasteiger partial charge in [0.25, 0.3) is 0 Å². The Balaban J connectivity index is 1.44. The van der Waals surface area contributed by atoms with Gasteiger partial charge in [-0.15, -0.1) is 0 Å². The second kappa shape index (κ2) is 7.46. The number of rotatable bonds is 2. The molecule has 0 N–H and O–H groups in total. The van der Waals surface area contributed by atoms with Crippen molar-refractivity contribution < 1.29 is 13.7 Å². The molecule has 2 heterocycles. The van der Waals surface area contributed by atoms with E-state index in [0.717, 1.165) is 43.9 Å². The molecule has 1 aliphatic heterocycles. The summed E-state index contributed by atoms with van der Waals surface area (Å²) in [5.41, 5.74) is 4.39. The van der Waals surface area contributed by atoms with Crippen molar-refractivity contribution in [3.8, 4) is 11.1 Å². The molecule has 3 nitrogen and oxygen atoms in total. The zero-order chi connectivity index (χ0) is 24.7. The van der Waals surface area contributed by atoms with Crippen LogP contribution in [0, 0.1) is 0 Å². The van der Waals surface area contributed by atoms with Crippen molar-refractivity contribution in [2.75, 3.05) is 0 Å². The number of hydrogen-bond donors (Lipinski definition) is 0. The van der Waals surface area contributed by atoms with Gasteiger partial charge in [-0.05, 0) is 90.1 Å². The van der Waals surface area contributed by atoms with Gasteiger partial charge in [0.05, 0.1) is 11.2 Å². The van der Waals surface area contributed by atoms with Crippen molar-refractivity contribution in [3.05, 3.63) is 91.0 Å². The van der Waals surface area contributed by atoms with Crippen molar-refractivity contribution >= 4 is 56.1 Å². The van der Waals surface area contributed by atoms with Crippen LogP contribution >= 0.6 is 0 Å². The van der Waals surface area contributed by atoms with Crippen LogP contribution < -0.4 is 5.46 Å². The van der Waals surface area contributed by atoms with Crippen LogP contribution in [0.25, 0.3) is 54.6 Å². The third-order valence-electron chi connectivity index (χ3n) is 8.09. The Morgan fingerprint density at radius 2 is 1.22 bits per heavy atom. The lowest BCUT2D eigenvalue weighted by molar-refractivity contribution is 0.00578. The van der Waals surface area contributed by atoms with E-state index in [-0.39, 0.29) is 0 Å². The standard InChI is InChI=1S/C32H27BO3/c1-31(2)32(3,4)36-33(35-31)27-14-8-12-20-11-7-13-24(30(20)27)23-15-16-28-25(18-23)26-17-21-9-5-6-10-22(21)19-29(26)34-28/h5-19H,1-4H3. The van der Waals surface area contributed by atoms with E-state index >= 15 is 0 Å². The minimum atomic E-state index is -0.426. The van der Waals surface area contributed by atoms with Gasteiger partial charge in [0.2, 0.25) is 0 Å². The molecule has 1 aliphatic rings. The van der Waals surface area contributed by atoms with Crippen LogP contribution in [0.15, 0.2) is 95.4 Å². The first-order valence-electron chi connectivity index (χ1n) is 12.5. The van der Waals surface area contributed by atoms with E-state index in [2.05, 4.69) is 119 Å². The lowest BCUT2D eigenvalue weighted by Crippen LogP contribution is -2.41. The van der Waals surface area contributed by atoms with E-state index in [1.165, 1.54) is 16.2 Å². The van der Waals surface area contributed by atoms with Crippen LogP contribution in [0.4, 0.5) is 0 Å². The van der Waals surface area contributed by atoms with Crippen LogP contribution in [0.5, 0.6) is 0 Å². The van der Waals surface area contributed by atoms with Crippen LogP contribution in [0.1, 0.15) is 27.7 Å². The lowest BCUT2D eigenvalue weighted by atomic mass is 9.74. The molecule has 0 spiro atoms. The summed E-state index contributed by atoms with van der Waals surface area (Å²) in [5, 5.41) is 6.99. The highest BCUT2D eigenvalue weighted by Crippen LogP contribution is 2.39. The summed E-state index contributed by atoms with van der Waals surface area (Å²) in [5.74, 6) is 0. The molecule has 6 aromatic rings. The topological polar surface area (TPSA) is 31.6 Å². The minimum Gasteiger partial charge on any atom is -0.456 e. The van der Waals surface area contributed by atoms with Crippen LogP contribution in [0.2, 0.25) is 0 Å². The van der Waals surface area contributed by atoms with Crippen LogP contribution in [-0.2, 0) is 9.31 Å². The fraction of sp³-hybridized carbons (Fsp3) is 0.188. The van der Waals surface area contributed by atoms with E-state index < -0.39 is 18.3 Å². The van der Waals surface area contributed by atoms with E-state index in [1.54, 1.807) is 0 Å². The van der Waals surface area contributed by atoms with E-state index in [1.807, 2.05) is 0 Å². The van der Waals surface area contributed by atoms with Gasteiger partial charge >= 0.3 is 7.12 Å². The second-order valence-electron chi connectivity index (χ2n) is 10.8. The molecule has 7 rings (SSSR count). The van der Waals surface area contributed by atoms with Crippen LogP contribution in [0.3, 0.4) is 0 Å². The van der Waals surface area contributed by atoms with Crippen molar-refractivity contribution in [2.24, 2.45) is 0 Å². The predicted octanol–water partition coefficient (Wildman–Crippen LogP) is 7.86. The Kier molecular flexibility index (Phi) is 4.49. The molecule has 5 aromatic carbocycles. The average molecular weight is 470 g/mol. The highest BCUT2D eigenvalue weighted by Gasteiger charge is 2.52. The number of hydrogen-bond acceptors (Lipinski definition) is 3. The number of fused-ring (bicyclic) bond motifs is 5.